The van der Waals surface area contributed by atoms with Gasteiger partial charge in [-0.15, -0.1) is 0 Å². The molecule has 0 amide bonds. The minimum Gasteiger partial charge on any atom is -0.492 e. The Balaban J connectivity index is 2.16. The van der Waals surface area contributed by atoms with Crippen molar-refractivity contribution in [1.29, 1.82) is 0 Å². The summed E-state index contributed by atoms with van der Waals surface area (Å²) < 4.78 is 5.94. The van der Waals surface area contributed by atoms with Crippen molar-refractivity contribution in [2.75, 3.05) is 19.7 Å². The third kappa shape index (κ3) is 2.69. The summed E-state index contributed by atoms with van der Waals surface area (Å²) in [6.45, 7) is 10.0. The molecule has 0 aliphatic carbocycles. The molecule has 0 unspecified atom stereocenters. The van der Waals surface area contributed by atoms with Gasteiger partial charge in [0.2, 0.25) is 0 Å². The Labute approximate surface area is 111 Å². The lowest BCUT2D eigenvalue weighted by Gasteiger charge is -2.39. The number of para-hydroxylation sites is 1. The van der Waals surface area contributed by atoms with Crippen molar-refractivity contribution in [3.63, 3.8) is 0 Å². The zero-order chi connectivity index (χ0) is 13.0. The fraction of sp³-hybridized carbons (Fsp3) is 0.625. The molecule has 1 aromatic rings. The number of rotatable bonds is 5. The van der Waals surface area contributed by atoms with Crippen LogP contribution in [-0.4, -0.2) is 30.6 Å². The van der Waals surface area contributed by atoms with Crippen LogP contribution in [0.3, 0.4) is 0 Å². The first-order valence-electron chi connectivity index (χ1n) is 7.23. The summed E-state index contributed by atoms with van der Waals surface area (Å²) in [6, 6.07) is 9.00. The summed E-state index contributed by atoms with van der Waals surface area (Å²) in [7, 11) is 0. The van der Waals surface area contributed by atoms with E-state index < -0.39 is 0 Å². The molecule has 0 aromatic heterocycles. The molecule has 1 aromatic carbocycles. The van der Waals surface area contributed by atoms with Gasteiger partial charge in [-0.3, -0.25) is 4.90 Å². The van der Waals surface area contributed by atoms with Gasteiger partial charge in [-0.25, -0.2) is 0 Å². The maximum Gasteiger partial charge on any atom is 0.122 e. The second-order valence-corrected chi connectivity index (χ2v) is 5.24. The van der Waals surface area contributed by atoms with Gasteiger partial charge in [-0.2, -0.15) is 0 Å². The molecular weight excluding hydrogens is 222 g/mol. The quantitative estimate of drug-likeness (QED) is 0.787. The van der Waals surface area contributed by atoms with Crippen LogP contribution in [0.1, 0.15) is 45.1 Å². The van der Waals surface area contributed by atoms with Crippen LogP contribution in [0, 0.1) is 0 Å². The van der Waals surface area contributed by atoms with E-state index in [2.05, 4.69) is 49.9 Å². The van der Waals surface area contributed by atoms with Crippen molar-refractivity contribution < 1.29 is 4.74 Å². The monoisotopic (exact) mass is 247 g/mol. The van der Waals surface area contributed by atoms with Crippen LogP contribution in [0.4, 0.5) is 0 Å². The van der Waals surface area contributed by atoms with Crippen molar-refractivity contribution in [1.82, 2.24) is 4.90 Å². The zero-order valence-electron chi connectivity index (χ0n) is 11.9. The molecule has 2 nitrogen and oxygen atoms in total. The maximum absolute atomic E-state index is 5.94. The molecule has 0 bridgehead atoms. The standard InChI is InChI=1S/C16H25NO/c1-4-10-17(11-5-2)15-12-18-16-9-7-6-8-14(16)13(15)3/h6-9,13,15H,4-5,10-12H2,1-3H3/t13-,15+/m0/s1. The average Bonchev–Trinajstić information content (AvgIpc) is 2.39. The SMILES string of the molecule is CCCN(CCC)[C@@H]1COc2ccccc2[C@@H]1C. The molecule has 0 radical (unpaired) electrons. The molecule has 0 spiro atoms. The predicted molar refractivity (Wildman–Crippen MR) is 76.3 cm³/mol. The topological polar surface area (TPSA) is 12.5 Å². The highest BCUT2D eigenvalue weighted by Crippen LogP contribution is 2.35. The first kappa shape index (κ1) is 13.4. The average molecular weight is 247 g/mol. The van der Waals surface area contributed by atoms with Crippen LogP contribution in [0.2, 0.25) is 0 Å². The van der Waals surface area contributed by atoms with E-state index in [0.717, 1.165) is 12.4 Å². The van der Waals surface area contributed by atoms with Crippen molar-refractivity contribution >= 4 is 0 Å². The van der Waals surface area contributed by atoms with E-state index >= 15 is 0 Å². The minimum absolute atomic E-state index is 0.528. The number of benzene rings is 1. The number of nitrogens with zero attached hydrogens (tertiary/aromatic N) is 1. The summed E-state index contributed by atoms with van der Waals surface area (Å²) in [5.41, 5.74) is 1.37. The van der Waals surface area contributed by atoms with Crippen LogP contribution in [-0.2, 0) is 0 Å². The lowest BCUT2D eigenvalue weighted by Crippen LogP contribution is -2.45. The Morgan fingerprint density at radius 1 is 1.17 bits per heavy atom. The first-order valence-corrected chi connectivity index (χ1v) is 7.23. The van der Waals surface area contributed by atoms with Gasteiger partial charge < -0.3 is 4.74 Å². The molecule has 2 atom stereocenters. The number of hydrogen-bond acceptors (Lipinski definition) is 2. The van der Waals surface area contributed by atoms with Crippen molar-refractivity contribution in [2.45, 2.75) is 45.6 Å². The van der Waals surface area contributed by atoms with Gasteiger partial charge in [0.05, 0.1) is 6.04 Å². The number of hydrogen-bond donors (Lipinski definition) is 0. The van der Waals surface area contributed by atoms with Crippen molar-refractivity contribution in [3.8, 4) is 5.75 Å². The van der Waals surface area contributed by atoms with E-state index in [1.54, 1.807) is 0 Å². The second kappa shape index (κ2) is 6.24. The molecule has 1 heterocycles. The van der Waals surface area contributed by atoms with E-state index in [1.807, 2.05) is 0 Å². The Kier molecular flexibility index (Phi) is 4.65. The molecule has 1 aliphatic rings. The molecule has 100 valence electrons. The summed E-state index contributed by atoms with van der Waals surface area (Å²) in [5, 5.41) is 0. The van der Waals surface area contributed by atoms with E-state index in [-0.39, 0.29) is 0 Å². The van der Waals surface area contributed by atoms with E-state index in [4.69, 9.17) is 4.74 Å². The zero-order valence-corrected chi connectivity index (χ0v) is 11.9. The molecular formula is C16H25NO. The Hall–Kier alpha value is -1.02. The minimum atomic E-state index is 0.528. The smallest absolute Gasteiger partial charge is 0.122 e. The molecule has 2 heteroatoms. The fourth-order valence-corrected chi connectivity index (χ4v) is 2.95. The first-order chi connectivity index (χ1) is 8.77. The third-order valence-electron chi connectivity index (χ3n) is 3.89. The highest BCUT2D eigenvalue weighted by molar-refractivity contribution is 5.38. The highest BCUT2D eigenvalue weighted by atomic mass is 16.5. The third-order valence-corrected chi connectivity index (χ3v) is 3.89. The molecule has 0 saturated carbocycles. The summed E-state index contributed by atoms with van der Waals surface area (Å²) >= 11 is 0. The van der Waals surface area contributed by atoms with Crippen LogP contribution in [0.25, 0.3) is 0 Å². The molecule has 0 N–H and O–H groups in total. The maximum atomic E-state index is 5.94. The normalized spacial score (nSPS) is 22.7. The van der Waals surface area contributed by atoms with Crippen molar-refractivity contribution in [2.24, 2.45) is 0 Å². The molecule has 2 rings (SSSR count). The lowest BCUT2D eigenvalue weighted by molar-refractivity contribution is 0.101. The van der Waals surface area contributed by atoms with Gasteiger partial charge in [-0.1, -0.05) is 39.0 Å². The van der Waals surface area contributed by atoms with Crippen LogP contribution in [0.15, 0.2) is 24.3 Å². The number of ether oxygens (including phenoxy) is 1. The molecule has 18 heavy (non-hydrogen) atoms. The van der Waals surface area contributed by atoms with Crippen molar-refractivity contribution in [3.05, 3.63) is 29.8 Å². The molecule has 0 saturated heterocycles. The van der Waals surface area contributed by atoms with Gasteiger partial charge in [0, 0.05) is 5.92 Å². The Bertz CT molecular complexity index is 371. The van der Waals surface area contributed by atoms with E-state index in [9.17, 15) is 0 Å². The Morgan fingerprint density at radius 2 is 1.83 bits per heavy atom. The summed E-state index contributed by atoms with van der Waals surface area (Å²) in [4.78, 5) is 2.60. The van der Waals surface area contributed by atoms with Gasteiger partial charge >= 0.3 is 0 Å². The van der Waals surface area contributed by atoms with E-state index in [1.165, 1.54) is 31.5 Å². The fourth-order valence-electron chi connectivity index (χ4n) is 2.95. The van der Waals surface area contributed by atoms with Crippen LogP contribution < -0.4 is 4.74 Å². The van der Waals surface area contributed by atoms with Gasteiger partial charge in [0.15, 0.2) is 0 Å². The highest BCUT2D eigenvalue weighted by Gasteiger charge is 2.30. The molecule has 0 fully saturated rings. The predicted octanol–water partition coefficient (Wildman–Crippen LogP) is 3.67. The molecule has 1 aliphatic heterocycles. The van der Waals surface area contributed by atoms with Crippen LogP contribution in [0.5, 0.6) is 5.75 Å². The largest absolute Gasteiger partial charge is 0.492 e. The summed E-state index contributed by atoms with van der Waals surface area (Å²) in [6.07, 6.45) is 2.43. The number of fused-ring (bicyclic) bond motifs is 1. The van der Waals surface area contributed by atoms with Crippen LogP contribution >= 0.6 is 0 Å². The second-order valence-electron chi connectivity index (χ2n) is 5.24. The Morgan fingerprint density at radius 3 is 2.50 bits per heavy atom. The van der Waals surface area contributed by atoms with Gasteiger partial charge in [0.25, 0.3) is 0 Å². The summed E-state index contributed by atoms with van der Waals surface area (Å²) in [5.74, 6) is 1.64. The van der Waals surface area contributed by atoms with Gasteiger partial charge in [-0.05, 0) is 37.6 Å². The van der Waals surface area contributed by atoms with E-state index in [0.29, 0.717) is 12.0 Å². The lowest BCUT2D eigenvalue weighted by atomic mass is 9.89. The van der Waals surface area contributed by atoms with Gasteiger partial charge in [0.1, 0.15) is 12.4 Å².